The molecule has 296 valence electrons. The first-order chi connectivity index (χ1) is 25.3. The third-order valence-electron chi connectivity index (χ3n) is 8.01. The Balaban J connectivity index is 1.68. The average Bonchev–Trinajstić information content (AvgIpc) is 3.68. The number of likely N-dealkylation sites (tertiary alicyclic amines) is 1. The van der Waals surface area contributed by atoms with Gasteiger partial charge in [0.2, 0.25) is 33.7 Å². The van der Waals surface area contributed by atoms with Gasteiger partial charge in [-0.1, -0.05) is 40.9 Å². The van der Waals surface area contributed by atoms with E-state index in [1.54, 1.807) is 12.1 Å². The van der Waals surface area contributed by atoms with Crippen LogP contribution in [0.4, 0.5) is 0 Å². The van der Waals surface area contributed by atoms with Gasteiger partial charge in [0, 0.05) is 35.6 Å². The predicted octanol–water partition coefficient (Wildman–Crippen LogP) is 0.462. The number of hydrogen-bond acceptors (Lipinski definition) is 11. The van der Waals surface area contributed by atoms with Gasteiger partial charge in [-0.05, 0) is 56.0 Å². The second kappa shape index (κ2) is 20.0. The van der Waals surface area contributed by atoms with Crippen molar-refractivity contribution in [2.24, 2.45) is 10.9 Å². The summed E-state index contributed by atoms with van der Waals surface area (Å²) in [4.78, 5) is 89.4. The molecular formula is C31H38Cl3N7O11S2. The highest BCUT2D eigenvalue weighted by molar-refractivity contribution is 7.91. The number of unbranched alkanes of at least 4 members (excludes halogenated alkanes) is 1. The fourth-order valence-electron chi connectivity index (χ4n) is 5.46. The molecule has 0 unspecified atom stereocenters. The number of aliphatic carboxylic acids is 2. The molecule has 2 heterocycles. The first-order valence-corrected chi connectivity index (χ1v) is 19.7. The smallest absolute Gasteiger partial charge is 0.326 e. The number of amides is 5. The third-order valence-corrected chi connectivity index (χ3v) is 11.3. The topological polar surface area (TPSA) is 297 Å². The first-order valence-electron chi connectivity index (χ1n) is 16.2. The van der Waals surface area contributed by atoms with E-state index in [1.165, 1.54) is 6.07 Å². The van der Waals surface area contributed by atoms with Crippen molar-refractivity contribution in [3.05, 3.63) is 49.8 Å². The number of carbonyl (C=O) groups is 7. The van der Waals surface area contributed by atoms with Crippen molar-refractivity contribution in [2.75, 3.05) is 19.6 Å². The molecule has 3 rings (SSSR count). The molecule has 1 aliphatic rings. The van der Waals surface area contributed by atoms with Gasteiger partial charge in [-0.2, -0.15) is 0 Å². The molecule has 0 spiro atoms. The van der Waals surface area contributed by atoms with Crippen molar-refractivity contribution >= 4 is 97.6 Å². The zero-order chi connectivity index (χ0) is 40.3. The van der Waals surface area contributed by atoms with Gasteiger partial charge in [-0.25, -0.2) is 23.1 Å². The molecule has 1 aromatic carbocycles. The lowest BCUT2D eigenvalue weighted by atomic mass is 10.1. The van der Waals surface area contributed by atoms with Crippen LogP contribution < -0.4 is 32.1 Å². The van der Waals surface area contributed by atoms with Gasteiger partial charge in [0.25, 0.3) is 5.91 Å². The fourth-order valence-corrected chi connectivity index (χ4v) is 8.21. The molecule has 10 N–H and O–H groups in total. The lowest BCUT2D eigenvalue weighted by Gasteiger charge is -2.24. The van der Waals surface area contributed by atoms with Crippen LogP contribution in [0.5, 0.6) is 0 Å². The Labute approximate surface area is 328 Å². The highest BCUT2D eigenvalue weighted by Crippen LogP contribution is 2.33. The van der Waals surface area contributed by atoms with Gasteiger partial charge >= 0.3 is 11.9 Å². The van der Waals surface area contributed by atoms with E-state index >= 15 is 0 Å². The second-order valence-electron chi connectivity index (χ2n) is 12.1. The maximum atomic E-state index is 13.7. The van der Waals surface area contributed by atoms with Crippen molar-refractivity contribution in [1.82, 2.24) is 26.2 Å². The number of carbonyl (C=O) groups excluding carboxylic acids is 5. The summed E-state index contributed by atoms with van der Waals surface area (Å²) in [6.45, 7) is -0.298. The highest BCUT2D eigenvalue weighted by atomic mass is 35.5. The third kappa shape index (κ3) is 13.1. The zero-order valence-corrected chi connectivity index (χ0v) is 32.2. The summed E-state index contributed by atoms with van der Waals surface area (Å²) in [6, 6.07) is 0.539. The number of halogens is 3. The van der Waals surface area contributed by atoms with Crippen LogP contribution in [0.15, 0.2) is 28.5 Å². The predicted molar refractivity (Wildman–Crippen MR) is 197 cm³/mol. The Kier molecular flexibility index (Phi) is 16.5. The van der Waals surface area contributed by atoms with E-state index < -0.39 is 98.3 Å². The summed E-state index contributed by atoms with van der Waals surface area (Å²) in [5.74, 6) is -6.95. The summed E-state index contributed by atoms with van der Waals surface area (Å²) in [6.07, 6.45) is -0.586. The minimum Gasteiger partial charge on any atom is -0.480 e. The van der Waals surface area contributed by atoms with Crippen molar-refractivity contribution in [3.63, 3.8) is 0 Å². The summed E-state index contributed by atoms with van der Waals surface area (Å²) < 4.78 is 23.8. The number of thiophene rings is 1. The second-order valence-corrected chi connectivity index (χ2v) is 16.4. The van der Waals surface area contributed by atoms with Crippen molar-refractivity contribution in [1.29, 1.82) is 0 Å². The van der Waals surface area contributed by atoms with E-state index in [0.717, 1.165) is 11.0 Å². The maximum Gasteiger partial charge on any atom is 0.326 e. The van der Waals surface area contributed by atoms with Crippen molar-refractivity contribution < 1.29 is 52.2 Å². The molecule has 4 atom stereocenters. The molecule has 0 radical (unpaired) electrons. The minimum atomic E-state index is -4.41. The molecule has 23 heteroatoms. The minimum absolute atomic E-state index is 0.0613. The average molecular weight is 855 g/mol. The number of sulfonamides is 1. The molecule has 18 nitrogen and oxygen atoms in total. The van der Waals surface area contributed by atoms with Crippen LogP contribution in [-0.4, -0.2) is 109 Å². The number of carboxylic acids is 2. The van der Waals surface area contributed by atoms with Crippen LogP contribution in [0.25, 0.3) is 0 Å². The quantitative estimate of drug-likeness (QED) is 0.0895. The Bertz CT molecular complexity index is 1880. The molecule has 0 bridgehead atoms. The van der Waals surface area contributed by atoms with E-state index in [4.69, 9.17) is 45.7 Å². The highest BCUT2D eigenvalue weighted by Gasteiger charge is 2.42. The van der Waals surface area contributed by atoms with Crippen LogP contribution in [0.1, 0.15) is 54.4 Å². The van der Waals surface area contributed by atoms with Gasteiger partial charge < -0.3 is 42.1 Å². The fraction of sp³-hybridized carbons (Fsp3) is 0.452. The van der Waals surface area contributed by atoms with Crippen molar-refractivity contribution in [3.8, 4) is 0 Å². The number of nitrogens with one attached hydrogen (secondary N) is 4. The van der Waals surface area contributed by atoms with Crippen LogP contribution in [0, 0.1) is 0 Å². The van der Waals surface area contributed by atoms with Gasteiger partial charge in [0.1, 0.15) is 22.3 Å². The Morgan fingerprint density at radius 2 is 1.61 bits per heavy atom. The Hall–Kier alpha value is -4.05. The van der Waals surface area contributed by atoms with Gasteiger partial charge in [0.05, 0.1) is 22.7 Å². The number of nitrogens with two attached hydrogens (primary N) is 2. The van der Waals surface area contributed by atoms with E-state index in [-0.39, 0.29) is 41.7 Å². The van der Waals surface area contributed by atoms with E-state index in [0.29, 0.717) is 41.3 Å². The summed E-state index contributed by atoms with van der Waals surface area (Å²) in [7, 11) is -4.41. The summed E-state index contributed by atoms with van der Waals surface area (Å²) in [5, 5.41) is 34.4. The largest absolute Gasteiger partial charge is 0.480 e. The maximum absolute atomic E-state index is 13.7. The van der Waals surface area contributed by atoms with E-state index in [1.807, 2.05) is 0 Å². The van der Waals surface area contributed by atoms with E-state index in [9.17, 15) is 52.2 Å². The lowest BCUT2D eigenvalue weighted by molar-refractivity contribution is -0.144. The number of hydrogen-bond donors (Lipinski definition) is 8. The van der Waals surface area contributed by atoms with Crippen LogP contribution in [0.3, 0.4) is 0 Å². The lowest BCUT2D eigenvalue weighted by Crippen LogP contribution is -2.48. The molecule has 0 saturated carbocycles. The molecule has 5 amide bonds. The van der Waals surface area contributed by atoms with Gasteiger partial charge in [-0.3, -0.25) is 24.0 Å². The molecule has 0 aliphatic carbocycles. The standard InChI is InChI=1S/C31H38Cl3N7O11S2/c32-16-5-4-15(19(33)10-16)9-25(43)38-17-11-22(41(14-17)28(46)18-12-23(34)53-31(18)54(36,51)52)27(45)37-8-6-24(42)40-21(30(49)50)13-26(44)39-20(29(47)48)3-1-2-7-35/h4-5,10,12,17,20-22H,1-3,6-9,11,13-14,35H2,(H,37,45)(H,38,43)(H,39,44)(H,40,42)(H,47,48)(H,49,50)(H2,36,51,52)/t17-,20+,21+,22-/m1/s1. The van der Waals surface area contributed by atoms with Crippen LogP contribution >= 0.6 is 46.1 Å². The zero-order valence-electron chi connectivity index (χ0n) is 28.3. The number of rotatable bonds is 19. The van der Waals surface area contributed by atoms with Crippen molar-refractivity contribution in [2.45, 2.75) is 73.3 Å². The molecule has 1 fully saturated rings. The number of primary sulfonamides is 1. The first kappa shape index (κ1) is 44.3. The summed E-state index contributed by atoms with van der Waals surface area (Å²) >= 11 is 18.7. The molecule has 54 heavy (non-hydrogen) atoms. The Morgan fingerprint density at radius 1 is 0.944 bits per heavy atom. The summed E-state index contributed by atoms with van der Waals surface area (Å²) in [5.41, 5.74) is 5.47. The van der Waals surface area contributed by atoms with E-state index in [2.05, 4.69) is 21.3 Å². The molecular weight excluding hydrogens is 817 g/mol. The SMILES string of the molecule is NCCCC[C@H](NC(=O)C[C@H](NC(=O)CCNC(=O)[C@H]1C[C@@H](NC(=O)Cc2ccc(Cl)cc2Cl)CN1C(=O)c1cc(Cl)sc1S(N)(=O)=O)C(=O)O)C(=O)O. The Morgan fingerprint density at radius 3 is 2.22 bits per heavy atom. The molecule has 1 aliphatic heterocycles. The number of nitrogens with zero attached hydrogens (tertiary/aromatic N) is 1. The molecule has 1 aromatic heterocycles. The van der Waals surface area contributed by atoms with Gasteiger partial charge in [0.15, 0.2) is 0 Å². The number of carboxylic acid groups (broad SMARTS) is 2. The van der Waals surface area contributed by atoms with Crippen LogP contribution in [0.2, 0.25) is 14.4 Å². The molecule has 1 saturated heterocycles. The van der Waals surface area contributed by atoms with Crippen LogP contribution in [-0.2, 0) is 45.2 Å². The monoisotopic (exact) mass is 853 g/mol. The van der Waals surface area contributed by atoms with Gasteiger partial charge in [-0.15, -0.1) is 11.3 Å². The molecule has 2 aromatic rings. The number of benzene rings is 1. The normalized spacial score (nSPS) is 16.6.